The molecule has 0 radical (unpaired) electrons. The van der Waals surface area contributed by atoms with E-state index >= 15 is 0 Å². The molecule has 26 heavy (non-hydrogen) atoms. The summed E-state index contributed by atoms with van der Waals surface area (Å²) in [5, 5.41) is 6.75. The number of aryl methyl sites for hydroxylation is 2. The van der Waals surface area contributed by atoms with Crippen molar-refractivity contribution in [1.29, 1.82) is 0 Å². The van der Waals surface area contributed by atoms with Gasteiger partial charge in [0, 0.05) is 23.0 Å². The minimum Gasteiger partial charge on any atom is -0.323 e. The summed E-state index contributed by atoms with van der Waals surface area (Å²) < 4.78 is 41.0. The number of alkyl halides is 3. The number of carbonyl (C=O) groups excluding carboxylic acids is 1. The summed E-state index contributed by atoms with van der Waals surface area (Å²) in [6.45, 7) is 3.62. The summed E-state index contributed by atoms with van der Waals surface area (Å²) in [7, 11) is 0. The molecule has 1 amide bonds. The van der Waals surface area contributed by atoms with Crippen molar-refractivity contribution >= 4 is 35.1 Å². The first-order valence-electron chi connectivity index (χ1n) is 8.01. The Hall–Kier alpha value is -1.61. The molecule has 1 N–H and O–H groups in total. The summed E-state index contributed by atoms with van der Waals surface area (Å²) in [6, 6.07) is 5.16. The molecule has 140 valence electrons. The van der Waals surface area contributed by atoms with Crippen LogP contribution in [0.3, 0.4) is 0 Å². The summed E-state index contributed by atoms with van der Waals surface area (Å²) in [5.41, 5.74) is 1.26. The molecule has 0 saturated carbocycles. The largest absolute Gasteiger partial charge is 0.416 e. The molecule has 1 aromatic heterocycles. The van der Waals surface area contributed by atoms with E-state index in [1.807, 2.05) is 19.9 Å². The van der Waals surface area contributed by atoms with Gasteiger partial charge in [0.25, 0.3) is 0 Å². The lowest BCUT2D eigenvalue weighted by molar-refractivity contribution is -0.137. The molecular weight excluding hydrogens is 383 g/mol. The first-order valence-corrected chi connectivity index (χ1v) is 10.2. The second-order valence-corrected chi connectivity index (χ2v) is 8.45. The van der Waals surface area contributed by atoms with E-state index in [9.17, 15) is 18.0 Å². The van der Waals surface area contributed by atoms with Gasteiger partial charge in [-0.1, -0.05) is 0 Å². The minimum atomic E-state index is -4.48. The van der Waals surface area contributed by atoms with Crippen LogP contribution in [-0.4, -0.2) is 38.2 Å². The van der Waals surface area contributed by atoms with Crippen molar-refractivity contribution in [1.82, 2.24) is 9.78 Å². The van der Waals surface area contributed by atoms with Crippen LogP contribution in [-0.2, 0) is 11.0 Å². The smallest absolute Gasteiger partial charge is 0.323 e. The summed E-state index contributed by atoms with van der Waals surface area (Å²) in [5.74, 6) is 2.22. The van der Waals surface area contributed by atoms with Gasteiger partial charge >= 0.3 is 6.18 Å². The number of carbonyl (C=O) groups is 1. The van der Waals surface area contributed by atoms with Crippen molar-refractivity contribution in [3.63, 3.8) is 0 Å². The standard InChI is InChI=1S/C17H18F3N3OS2/c1-10-7-11(2)23(22-10)14-4-3-12(17(18,19)20)8-13(14)21-16(24)15-9-25-5-6-26-15/h3-4,7-8,15H,5-6,9H2,1-2H3,(H,21,24). The molecule has 2 aromatic rings. The highest BCUT2D eigenvalue weighted by molar-refractivity contribution is 8.07. The molecule has 1 aromatic carbocycles. The maximum atomic E-state index is 13.1. The van der Waals surface area contributed by atoms with Crippen LogP contribution in [0.25, 0.3) is 5.69 Å². The molecule has 3 rings (SSSR count). The van der Waals surface area contributed by atoms with Gasteiger partial charge in [-0.25, -0.2) is 4.68 Å². The average molecular weight is 401 g/mol. The van der Waals surface area contributed by atoms with Crippen LogP contribution < -0.4 is 5.32 Å². The lowest BCUT2D eigenvalue weighted by Gasteiger charge is -2.22. The third kappa shape index (κ3) is 4.20. The third-order valence-electron chi connectivity index (χ3n) is 3.93. The molecular formula is C17H18F3N3OS2. The Morgan fingerprint density at radius 3 is 2.62 bits per heavy atom. The topological polar surface area (TPSA) is 46.9 Å². The van der Waals surface area contributed by atoms with Crippen LogP contribution in [0.15, 0.2) is 24.3 Å². The van der Waals surface area contributed by atoms with E-state index < -0.39 is 11.7 Å². The maximum absolute atomic E-state index is 13.1. The Kier molecular flexibility index (Phi) is 5.57. The predicted octanol–water partition coefficient (Wildman–Crippen LogP) is 4.30. The van der Waals surface area contributed by atoms with Crippen molar-refractivity contribution < 1.29 is 18.0 Å². The van der Waals surface area contributed by atoms with Crippen molar-refractivity contribution in [2.24, 2.45) is 0 Å². The number of anilines is 1. The first kappa shape index (κ1) is 19.2. The van der Waals surface area contributed by atoms with Crippen LogP contribution in [0.2, 0.25) is 0 Å². The number of hydrogen-bond donors (Lipinski definition) is 1. The van der Waals surface area contributed by atoms with Crippen molar-refractivity contribution in [3.8, 4) is 5.69 Å². The molecule has 1 saturated heterocycles. The molecule has 9 heteroatoms. The molecule has 0 bridgehead atoms. The normalized spacial score (nSPS) is 18.0. The van der Waals surface area contributed by atoms with E-state index in [-0.39, 0.29) is 16.8 Å². The summed E-state index contributed by atoms with van der Waals surface area (Å²) >= 11 is 3.21. The Morgan fingerprint density at radius 2 is 2.04 bits per heavy atom. The van der Waals surface area contributed by atoms with Crippen LogP contribution in [0.5, 0.6) is 0 Å². The van der Waals surface area contributed by atoms with E-state index in [1.165, 1.54) is 17.8 Å². The van der Waals surface area contributed by atoms with Crippen LogP contribution >= 0.6 is 23.5 Å². The van der Waals surface area contributed by atoms with E-state index in [2.05, 4.69) is 10.4 Å². The van der Waals surface area contributed by atoms with Crippen LogP contribution in [0.1, 0.15) is 17.0 Å². The van der Waals surface area contributed by atoms with E-state index in [0.29, 0.717) is 11.4 Å². The first-order chi connectivity index (χ1) is 12.3. The van der Waals surface area contributed by atoms with Gasteiger partial charge in [-0.2, -0.15) is 30.0 Å². The molecule has 1 atom stereocenters. The number of halogens is 3. The monoisotopic (exact) mass is 401 g/mol. The zero-order valence-electron chi connectivity index (χ0n) is 14.3. The predicted molar refractivity (Wildman–Crippen MR) is 100 cm³/mol. The number of hydrogen-bond acceptors (Lipinski definition) is 4. The van der Waals surface area contributed by atoms with Crippen molar-refractivity contribution in [2.75, 3.05) is 22.6 Å². The Balaban J connectivity index is 1.98. The number of thioether (sulfide) groups is 2. The Labute approximate surface area is 157 Å². The van der Waals surface area contributed by atoms with Crippen LogP contribution in [0.4, 0.5) is 18.9 Å². The zero-order valence-corrected chi connectivity index (χ0v) is 15.9. The highest BCUT2D eigenvalue weighted by Gasteiger charge is 2.32. The fraction of sp³-hybridized carbons (Fsp3) is 0.412. The molecule has 0 aliphatic carbocycles. The number of rotatable bonds is 3. The van der Waals surface area contributed by atoms with Gasteiger partial charge in [-0.05, 0) is 38.1 Å². The molecule has 1 fully saturated rings. The molecule has 1 unspecified atom stereocenters. The van der Waals surface area contributed by atoms with Gasteiger partial charge < -0.3 is 5.32 Å². The maximum Gasteiger partial charge on any atom is 0.416 e. The lowest BCUT2D eigenvalue weighted by atomic mass is 10.1. The van der Waals surface area contributed by atoms with Gasteiger partial charge in [0.2, 0.25) is 5.91 Å². The minimum absolute atomic E-state index is 0.118. The summed E-state index contributed by atoms with van der Waals surface area (Å²) in [4.78, 5) is 12.5. The van der Waals surface area contributed by atoms with Crippen molar-refractivity contribution in [3.05, 3.63) is 41.2 Å². The average Bonchev–Trinajstić information content (AvgIpc) is 2.93. The molecule has 1 aliphatic rings. The Bertz CT molecular complexity index is 814. The highest BCUT2D eigenvalue weighted by Crippen LogP contribution is 2.34. The number of benzene rings is 1. The third-order valence-corrected chi connectivity index (χ3v) is 6.68. The van der Waals surface area contributed by atoms with Gasteiger partial charge in [0.15, 0.2) is 0 Å². The van der Waals surface area contributed by atoms with E-state index in [0.717, 1.165) is 35.0 Å². The van der Waals surface area contributed by atoms with Gasteiger partial charge in [0.1, 0.15) is 0 Å². The number of nitrogens with zero attached hydrogens (tertiary/aromatic N) is 2. The lowest BCUT2D eigenvalue weighted by Crippen LogP contribution is -2.30. The molecule has 0 spiro atoms. The second-order valence-electron chi connectivity index (χ2n) is 5.99. The number of aromatic nitrogens is 2. The van der Waals surface area contributed by atoms with Gasteiger partial charge in [-0.15, -0.1) is 11.8 Å². The van der Waals surface area contributed by atoms with E-state index in [4.69, 9.17) is 0 Å². The number of nitrogens with one attached hydrogen (secondary N) is 1. The SMILES string of the molecule is Cc1cc(C)n(-c2ccc(C(F)(F)F)cc2NC(=O)C2CSCCS2)n1. The number of amides is 1. The molecule has 1 aliphatic heterocycles. The zero-order chi connectivity index (χ0) is 18.9. The fourth-order valence-corrected chi connectivity index (χ4v) is 5.28. The molecule has 4 nitrogen and oxygen atoms in total. The fourth-order valence-electron chi connectivity index (χ4n) is 2.72. The van der Waals surface area contributed by atoms with Gasteiger partial charge in [-0.3, -0.25) is 4.79 Å². The quantitative estimate of drug-likeness (QED) is 0.833. The van der Waals surface area contributed by atoms with Crippen LogP contribution in [0, 0.1) is 13.8 Å². The van der Waals surface area contributed by atoms with Gasteiger partial charge in [0.05, 0.1) is 27.9 Å². The second kappa shape index (κ2) is 7.56. The Morgan fingerprint density at radius 1 is 1.27 bits per heavy atom. The highest BCUT2D eigenvalue weighted by atomic mass is 32.2. The van der Waals surface area contributed by atoms with E-state index in [1.54, 1.807) is 16.4 Å². The summed E-state index contributed by atoms with van der Waals surface area (Å²) in [6.07, 6.45) is -4.48. The van der Waals surface area contributed by atoms with Crippen molar-refractivity contribution in [2.45, 2.75) is 25.3 Å². The molecule has 2 heterocycles.